The lowest BCUT2D eigenvalue weighted by Crippen LogP contribution is -2.34. The van der Waals surface area contributed by atoms with Crippen molar-refractivity contribution in [3.63, 3.8) is 0 Å². The number of nitrogens with zero attached hydrogens (tertiary/aromatic N) is 1. The Morgan fingerprint density at radius 1 is 1.35 bits per heavy atom. The second-order valence-corrected chi connectivity index (χ2v) is 6.03. The molecule has 1 aliphatic heterocycles. The minimum absolute atomic E-state index is 0.115. The Morgan fingerprint density at radius 3 is 2.69 bits per heavy atom. The fourth-order valence-corrected chi connectivity index (χ4v) is 2.95. The van der Waals surface area contributed by atoms with Crippen LogP contribution in [0, 0.1) is 0 Å². The average molecular weight is 368 g/mol. The van der Waals surface area contributed by atoms with Crippen LogP contribution in [0.25, 0.3) is 0 Å². The molecule has 9 heteroatoms. The number of nitrogens with one attached hydrogen (secondary N) is 1. The predicted molar refractivity (Wildman–Crippen MR) is 90.6 cm³/mol. The highest BCUT2D eigenvalue weighted by atomic mass is 16.6. The monoisotopic (exact) mass is 368 g/mol. The van der Waals surface area contributed by atoms with E-state index in [1.807, 2.05) is 0 Å². The molecule has 2 heterocycles. The van der Waals surface area contributed by atoms with Gasteiger partial charge in [0, 0.05) is 31.5 Å². The van der Waals surface area contributed by atoms with Crippen LogP contribution in [0.5, 0.6) is 0 Å². The summed E-state index contributed by atoms with van der Waals surface area (Å²) in [4.78, 5) is 49.0. The largest absolute Gasteiger partial charge is 0.466 e. The van der Waals surface area contributed by atoms with Gasteiger partial charge in [-0.05, 0) is 19.8 Å². The lowest BCUT2D eigenvalue weighted by Gasteiger charge is -2.18. The van der Waals surface area contributed by atoms with Crippen LogP contribution in [-0.2, 0) is 30.2 Å². The van der Waals surface area contributed by atoms with Crippen LogP contribution < -0.4 is 11.2 Å². The molecule has 1 saturated heterocycles. The van der Waals surface area contributed by atoms with Gasteiger partial charge in [-0.25, -0.2) is 4.79 Å². The summed E-state index contributed by atoms with van der Waals surface area (Å²) in [7, 11) is 0. The van der Waals surface area contributed by atoms with Crippen LogP contribution in [0.3, 0.4) is 0 Å². The molecule has 0 aromatic carbocycles. The first-order valence-electron chi connectivity index (χ1n) is 8.68. The summed E-state index contributed by atoms with van der Waals surface area (Å²) in [5, 5.41) is 0. The number of aromatic nitrogens is 2. The lowest BCUT2D eigenvalue weighted by molar-refractivity contribution is -0.150. The summed E-state index contributed by atoms with van der Waals surface area (Å²) in [6, 6.07) is 0. The Morgan fingerprint density at radius 2 is 2.08 bits per heavy atom. The lowest BCUT2D eigenvalue weighted by atomic mass is 10.1. The topological polar surface area (TPSA) is 117 Å². The standard InChI is InChI=1S/C17H24N2O7/c1-4-11-9-19(17(23)18-16(11)22)14-8-13(25-10(3)20)12(26-14)6-7-15(21)24-5-2/h9,12-14H,4-8H2,1-3H3,(H,18,22,23)/t12-,13+,14-/m1/s1. The molecule has 0 radical (unpaired) electrons. The molecule has 1 aromatic heterocycles. The Kier molecular flexibility index (Phi) is 6.73. The van der Waals surface area contributed by atoms with E-state index in [1.165, 1.54) is 17.7 Å². The molecule has 1 N–H and O–H groups in total. The van der Waals surface area contributed by atoms with Crippen LogP contribution in [-0.4, -0.2) is 40.3 Å². The molecule has 1 aromatic rings. The van der Waals surface area contributed by atoms with Crippen molar-refractivity contribution < 1.29 is 23.8 Å². The molecule has 0 saturated carbocycles. The number of hydrogen-bond donors (Lipinski definition) is 1. The summed E-state index contributed by atoms with van der Waals surface area (Å²) in [5.41, 5.74) is -0.570. The number of carbonyl (C=O) groups excluding carboxylic acids is 2. The number of hydrogen-bond acceptors (Lipinski definition) is 7. The molecular weight excluding hydrogens is 344 g/mol. The minimum atomic E-state index is -0.693. The van der Waals surface area contributed by atoms with Crippen LogP contribution in [0.2, 0.25) is 0 Å². The Labute approximate surface area is 150 Å². The fourth-order valence-electron chi connectivity index (χ4n) is 2.95. The summed E-state index contributed by atoms with van der Waals surface area (Å²) >= 11 is 0. The van der Waals surface area contributed by atoms with E-state index >= 15 is 0 Å². The molecule has 1 fully saturated rings. The third kappa shape index (κ3) is 4.81. The van der Waals surface area contributed by atoms with Gasteiger partial charge in [0.25, 0.3) is 5.56 Å². The van der Waals surface area contributed by atoms with Gasteiger partial charge in [-0.1, -0.05) is 6.92 Å². The number of rotatable bonds is 7. The van der Waals surface area contributed by atoms with Crippen molar-refractivity contribution in [2.24, 2.45) is 0 Å². The summed E-state index contributed by atoms with van der Waals surface area (Å²) in [5.74, 6) is -0.834. The van der Waals surface area contributed by atoms with Crippen LogP contribution in [0.4, 0.5) is 0 Å². The van der Waals surface area contributed by atoms with Crippen molar-refractivity contribution in [1.82, 2.24) is 9.55 Å². The van der Waals surface area contributed by atoms with Gasteiger partial charge in [0.05, 0.1) is 12.7 Å². The van der Waals surface area contributed by atoms with Gasteiger partial charge in [0.2, 0.25) is 0 Å². The first-order chi connectivity index (χ1) is 12.3. The molecule has 0 aliphatic carbocycles. The van der Waals surface area contributed by atoms with Gasteiger partial charge in [-0.2, -0.15) is 0 Å². The fraction of sp³-hybridized carbons (Fsp3) is 0.647. The minimum Gasteiger partial charge on any atom is -0.466 e. The maximum atomic E-state index is 12.1. The third-order valence-electron chi connectivity index (χ3n) is 4.17. The number of ether oxygens (including phenoxy) is 3. The van der Waals surface area contributed by atoms with Gasteiger partial charge in [-0.15, -0.1) is 0 Å². The van der Waals surface area contributed by atoms with E-state index in [-0.39, 0.29) is 25.4 Å². The van der Waals surface area contributed by atoms with Gasteiger partial charge < -0.3 is 14.2 Å². The maximum Gasteiger partial charge on any atom is 0.330 e. The maximum absolute atomic E-state index is 12.1. The Bertz CT molecular complexity index is 767. The average Bonchev–Trinajstić information content (AvgIpc) is 2.95. The predicted octanol–water partition coefficient (Wildman–Crippen LogP) is 0.662. The quantitative estimate of drug-likeness (QED) is 0.703. The normalized spacial score (nSPS) is 22.2. The highest BCUT2D eigenvalue weighted by molar-refractivity contribution is 5.69. The highest BCUT2D eigenvalue weighted by Gasteiger charge is 2.39. The van der Waals surface area contributed by atoms with Crippen LogP contribution >= 0.6 is 0 Å². The molecule has 3 atom stereocenters. The zero-order valence-corrected chi connectivity index (χ0v) is 15.1. The number of carbonyl (C=O) groups is 2. The summed E-state index contributed by atoms with van der Waals surface area (Å²) in [6.07, 6.45) is 0.763. The second-order valence-electron chi connectivity index (χ2n) is 6.03. The zero-order chi connectivity index (χ0) is 19.3. The van der Waals surface area contributed by atoms with Gasteiger partial charge in [-0.3, -0.25) is 23.9 Å². The van der Waals surface area contributed by atoms with Gasteiger partial charge >= 0.3 is 17.6 Å². The SMILES string of the molecule is CCOC(=O)CC[C@H]1O[C@@H](n2cc(CC)c(=O)[nH]c2=O)C[C@@H]1OC(C)=O. The van der Waals surface area contributed by atoms with Crippen molar-refractivity contribution in [2.75, 3.05) is 6.61 Å². The van der Waals surface area contributed by atoms with E-state index in [1.54, 1.807) is 13.8 Å². The first kappa shape index (κ1) is 19.9. The van der Waals surface area contributed by atoms with Crippen molar-refractivity contribution >= 4 is 11.9 Å². The number of esters is 2. The molecular formula is C17H24N2O7. The zero-order valence-electron chi connectivity index (χ0n) is 15.1. The van der Waals surface area contributed by atoms with E-state index in [2.05, 4.69) is 4.98 Å². The van der Waals surface area contributed by atoms with Crippen molar-refractivity contribution in [2.45, 2.75) is 64.9 Å². The van der Waals surface area contributed by atoms with E-state index in [0.29, 0.717) is 18.4 Å². The smallest absolute Gasteiger partial charge is 0.330 e. The van der Waals surface area contributed by atoms with E-state index < -0.39 is 35.7 Å². The summed E-state index contributed by atoms with van der Waals surface area (Å²) in [6.45, 7) is 5.10. The van der Waals surface area contributed by atoms with Crippen molar-refractivity contribution in [1.29, 1.82) is 0 Å². The molecule has 0 unspecified atom stereocenters. The molecule has 0 amide bonds. The number of H-pyrrole nitrogens is 1. The Balaban J connectivity index is 2.19. The molecule has 2 rings (SSSR count). The van der Waals surface area contributed by atoms with Crippen molar-refractivity contribution in [3.05, 3.63) is 32.6 Å². The summed E-state index contributed by atoms with van der Waals surface area (Å²) < 4.78 is 17.3. The molecule has 0 spiro atoms. The third-order valence-corrected chi connectivity index (χ3v) is 4.17. The number of aromatic amines is 1. The molecule has 0 bridgehead atoms. The van der Waals surface area contributed by atoms with Crippen LogP contribution in [0.15, 0.2) is 15.8 Å². The van der Waals surface area contributed by atoms with Crippen molar-refractivity contribution in [3.8, 4) is 0 Å². The van der Waals surface area contributed by atoms with Gasteiger partial charge in [0.1, 0.15) is 12.3 Å². The van der Waals surface area contributed by atoms with Gasteiger partial charge in [0.15, 0.2) is 0 Å². The van der Waals surface area contributed by atoms with E-state index in [4.69, 9.17) is 14.2 Å². The molecule has 9 nitrogen and oxygen atoms in total. The Hall–Kier alpha value is -2.42. The van der Waals surface area contributed by atoms with E-state index in [9.17, 15) is 19.2 Å². The second kappa shape index (κ2) is 8.79. The molecule has 26 heavy (non-hydrogen) atoms. The first-order valence-corrected chi connectivity index (χ1v) is 8.68. The molecule has 1 aliphatic rings. The highest BCUT2D eigenvalue weighted by Crippen LogP contribution is 2.32. The molecule has 144 valence electrons. The van der Waals surface area contributed by atoms with E-state index in [0.717, 1.165) is 0 Å². The number of aryl methyl sites for hydroxylation is 1. The van der Waals surface area contributed by atoms with Crippen LogP contribution in [0.1, 0.15) is 51.8 Å².